The molecule has 2 aliphatic heterocycles. The lowest BCUT2D eigenvalue weighted by molar-refractivity contribution is -0.145. The zero-order valence-corrected chi connectivity index (χ0v) is 15.1. The first-order valence-electron chi connectivity index (χ1n) is 9.06. The Morgan fingerprint density at radius 2 is 1.50 bits per heavy atom. The molecule has 0 bridgehead atoms. The Morgan fingerprint density at radius 3 is 2.00 bits per heavy atom. The third-order valence-electron chi connectivity index (χ3n) is 5.69. The van der Waals surface area contributed by atoms with Crippen LogP contribution in [0.2, 0.25) is 0 Å². The van der Waals surface area contributed by atoms with E-state index < -0.39 is 0 Å². The van der Waals surface area contributed by atoms with Crippen molar-refractivity contribution in [1.29, 1.82) is 0 Å². The molecule has 26 heavy (non-hydrogen) atoms. The van der Waals surface area contributed by atoms with E-state index in [0.29, 0.717) is 31.5 Å². The highest BCUT2D eigenvalue weighted by Crippen LogP contribution is 2.37. The van der Waals surface area contributed by atoms with Crippen molar-refractivity contribution in [3.63, 3.8) is 0 Å². The Kier molecular flexibility index (Phi) is 4.05. The Labute approximate surface area is 153 Å². The number of fused-ring (bicyclic) bond motifs is 1. The average molecular weight is 353 g/mol. The molecule has 3 aliphatic rings. The van der Waals surface area contributed by atoms with E-state index in [0.717, 1.165) is 5.69 Å². The van der Waals surface area contributed by atoms with E-state index in [1.165, 1.54) is 4.90 Å². The molecule has 2 atom stereocenters. The molecule has 2 saturated heterocycles. The van der Waals surface area contributed by atoms with Crippen LogP contribution in [0.25, 0.3) is 0 Å². The van der Waals surface area contributed by atoms with Crippen molar-refractivity contribution in [3.8, 4) is 0 Å². The van der Waals surface area contributed by atoms with Crippen LogP contribution in [0.5, 0.6) is 0 Å². The number of hydrogen-bond acceptors (Lipinski definition) is 4. The molecule has 0 spiro atoms. The summed E-state index contributed by atoms with van der Waals surface area (Å²) in [7, 11) is 3.90. The molecule has 0 N–H and O–H groups in total. The zero-order chi connectivity index (χ0) is 18.4. The maximum absolute atomic E-state index is 12.6. The van der Waals surface area contributed by atoms with Crippen molar-refractivity contribution < 1.29 is 14.4 Å². The SMILES string of the molecule is CN(C)c1ccc(C(=O)N2CC(N3C(=O)C4CC=CCC4C3=O)C2)cc1. The second-order valence-electron chi connectivity index (χ2n) is 7.51. The van der Waals surface area contributed by atoms with Gasteiger partial charge in [-0.15, -0.1) is 0 Å². The second kappa shape index (κ2) is 6.27. The summed E-state index contributed by atoms with van der Waals surface area (Å²) in [6, 6.07) is 7.28. The molecule has 0 radical (unpaired) electrons. The summed E-state index contributed by atoms with van der Waals surface area (Å²) in [6.07, 6.45) is 5.28. The largest absolute Gasteiger partial charge is 0.378 e. The van der Waals surface area contributed by atoms with Crippen molar-refractivity contribution in [2.24, 2.45) is 11.8 Å². The molecule has 1 aliphatic carbocycles. The fraction of sp³-hybridized carbons (Fsp3) is 0.450. The van der Waals surface area contributed by atoms with Crippen LogP contribution in [0.1, 0.15) is 23.2 Å². The van der Waals surface area contributed by atoms with Crippen LogP contribution in [0.3, 0.4) is 0 Å². The van der Waals surface area contributed by atoms with E-state index in [2.05, 4.69) is 0 Å². The van der Waals surface area contributed by atoms with Gasteiger partial charge in [-0.1, -0.05) is 12.2 Å². The summed E-state index contributed by atoms with van der Waals surface area (Å²) in [4.78, 5) is 42.9. The molecule has 3 amide bonds. The quantitative estimate of drug-likeness (QED) is 0.611. The first kappa shape index (κ1) is 16.8. The standard InChI is InChI=1S/C20H23N3O3/c1-21(2)14-9-7-13(8-10-14)18(24)22-11-15(12-22)23-19(25)16-5-3-4-6-17(16)20(23)26/h3-4,7-10,15-17H,5-6,11-12H2,1-2H3. The maximum atomic E-state index is 12.6. The number of anilines is 1. The molecular formula is C20H23N3O3. The van der Waals surface area contributed by atoms with Gasteiger partial charge in [0, 0.05) is 38.4 Å². The van der Waals surface area contributed by atoms with Crippen LogP contribution in [0.4, 0.5) is 5.69 Å². The van der Waals surface area contributed by atoms with Gasteiger partial charge in [-0.25, -0.2) is 0 Å². The van der Waals surface area contributed by atoms with Gasteiger partial charge in [0.25, 0.3) is 5.91 Å². The van der Waals surface area contributed by atoms with Gasteiger partial charge in [0.05, 0.1) is 17.9 Å². The van der Waals surface area contributed by atoms with Gasteiger partial charge in [0.1, 0.15) is 0 Å². The fourth-order valence-corrected chi connectivity index (χ4v) is 4.06. The molecule has 2 heterocycles. The third-order valence-corrected chi connectivity index (χ3v) is 5.69. The summed E-state index contributed by atoms with van der Waals surface area (Å²) < 4.78 is 0. The minimum Gasteiger partial charge on any atom is -0.378 e. The molecule has 2 unspecified atom stereocenters. The first-order chi connectivity index (χ1) is 12.5. The molecule has 0 saturated carbocycles. The van der Waals surface area contributed by atoms with Gasteiger partial charge in [-0.2, -0.15) is 0 Å². The molecule has 6 heteroatoms. The summed E-state index contributed by atoms with van der Waals surface area (Å²) in [5, 5.41) is 0. The van der Waals surface area contributed by atoms with Crippen LogP contribution in [0.15, 0.2) is 36.4 Å². The van der Waals surface area contributed by atoms with Crippen LogP contribution in [-0.2, 0) is 9.59 Å². The number of benzene rings is 1. The number of carbonyl (C=O) groups excluding carboxylic acids is 3. The normalized spacial score (nSPS) is 25.3. The highest BCUT2D eigenvalue weighted by Gasteiger charge is 2.52. The molecular weight excluding hydrogens is 330 g/mol. The summed E-state index contributed by atoms with van der Waals surface area (Å²) in [5.41, 5.74) is 1.67. The molecule has 4 rings (SSSR count). The highest BCUT2D eigenvalue weighted by atomic mass is 16.2. The summed E-state index contributed by atoms with van der Waals surface area (Å²) in [5.74, 6) is -0.565. The van der Waals surface area contributed by atoms with Crippen LogP contribution < -0.4 is 4.90 Å². The monoisotopic (exact) mass is 353 g/mol. The predicted octanol–water partition coefficient (Wildman–Crippen LogP) is 1.53. The smallest absolute Gasteiger partial charge is 0.253 e. The lowest BCUT2D eigenvalue weighted by Crippen LogP contribution is -2.62. The van der Waals surface area contributed by atoms with Gasteiger partial charge in [-0.3, -0.25) is 19.3 Å². The molecule has 6 nitrogen and oxygen atoms in total. The van der Waals surface area contributed by atoms with E-state index in [-0.39, 0.29) is 35.6 Å². The van der Waals surface area contributed by atoms with E-state index in [9.17, 15) is 14.4 Å². The number of carbonyl (C=O) groups is 3. The fourth-order valence-electron chi connectivity index (χ4n) is 4.06. The number of allylic oxidation sites excluding steroid dienone is 2. The van der Waals surface area contributed by atoms with Crippen molar-refractivity contribution in [1.82, 2.24) is 9.80 Å². The number of hydrogen-bond donors (Lipinski definition) is 0. The molecule has 1 aromatic rings. The van der Waals surface area contributed by atoms with E-state index in [1.807, 2.05) is 55.4 Å². The number of likely N-dealkylation sites (tertiary alicyclic amines) is 2. The van der Waals surface area contributed by atoms with E-state index in [4.69, 9.17) is 0 Å². The lowest BCUT2D eigenvalue weighted by atomic mass is 9.85. The van der Waals surface area contributed by atoms with Crippen molar-refractivity contribution in [2.45, 2.75) is 18.9 Å². The predicted molar refractivity (Wildman–Crippen MR) is 97.7 cm³/mol. The van der Waals surface area contributed by atoms with E-state index in [1.54, 1.807) is 4.90 Å². The topological polar surface area (TPSA) is 60.9 Å². The van der Waals surface area contributed by atoms with Crippen LogP contribution in [-0.4, -0.2) is 60.7 Å². The lowest BCUT2D eigenvalue weighted by Gasteiger charge is -2.43. The molecule has 2 fully saturated rings. The van der Waals surface area contributed by atoms with Crippen molar-refractivity contribution in [3.05, 3.63) is 42.0 Å². The minimum atomic E-state index is -0.198. The highest BCUT2D eigenvalue weighted by molar-refractivity contribution is 6.06. The maximum Gasteiger partial charge on any atom is 0.253 e. The Bertz CT molecular complexity index is 752. The third kappa shape index (κ3) is 2.60. The van der Waals surface area contributed by atoms with Gasteiger partial charge in [-0.05, 0) is 37.1 Å². The summed E-state index contributed by atoms with van der Waals surface area (Å²) >= 11 is 0. The number of amides is 3. The minimum absolute atomic E-state index is 0.0512. The second-order valence-corrected chi connectivity index (χ2v) is 7.51. The summed E-state index contributed by atoms with van der Waals surface area (Å²) in [6.45, 7) is 0.858. The molecule has 1 aromatic carbocycles. The number of rotatable bonds is 3. The Morgan fingerprint density at radius 1 is 0.962 bits per heavy atom. The van der Waals surface area contributed by atoms with Gasteiger partial charge >= 0.3 is 0 Å². The molecule has 0 aromatic heterocycles. The average Bonchev–Trinajstić information content (AvgIpc) is 2.86. The number of imide groups is 1. The zero-order valence-electron chi connectivity index (χ0n) is 15.1. The first-order valence-corrected chi connectivity index (χ1v) is 9.06. The van der Waals surface area contributed by atoms with Gasteiger partial charge in [0.2, 0.25) is 11.8 Å². The van der Waals surface area contributed by atoms with Gasteiger partial charge < -0.3 is 9.80 Å². The Balaban J connectivity index is 1.40. The Hall–Kier alpha value is -2.63. The van der Waals surface area contributed by atoms with Crippen molar-refractivity contribution in [2.75, 3.05) is 32.1 Å². The van der Waals surface area contributed by atoms with Crippen molar-refractivity contribution >= 4 is 23.4 Å². The van der Waals surface area contributed by atoms with Crippen LogP contribution >= 0.6 is 0 Å². The molecule has 136 valence electrons. The van der Waals surface area contributed by atoms with Crippen LogP contribution in [0, 0.1) is 11.8 Å². The number of nitrogens with zero attached hydrogens (tertiary/aromatic N) is 3. The van der Waals surface area contributed by atoms with Gasteiger partial charge in [0.15, 0.2) is 0 Å². The van der Waals surface area contributed by atoms with E-state index >= 15 is 0 Å².